The molecule has 3 amide bonds. The van der Waals surface area contributed by atoms with Gasteiger partial charge in [-0.2, -0.15) is 5.10 Å². The number of carbonyl (C=O) groups excluding carboxylic acids is 3. The topological polar surface area (TPSA) is 131 Å². The van der Waals surface area contributed by atoms with Crippen LogP contribution >= 0.6 is 0 Å². The van der Waals surface area contributed by atoms with Crippen molar-refractivity contribution in [2.75, 3.05) is 0 Å². The summed E-state index contributed by atoms with van der Waals surface area (Å²) in [6.45, 7) is 0. The number of primary amides is 1. The molecule has 0 spiro atoms. The summed E-state index contributed by atoms with van der Waals surface area (Å²) in [6.07, 6.45) is 14.2. The van der Waals surface area contributed by atoms with Crippen LogP contribution in [0.15, 0.2) is 18.5 Å². The average molecular weight is 410 g/mol. The van der Waals surface area contributed by atoms with E-state index in [1.165, 1.54) is 23.0 Å². The predicted molar refractivity (Wildman–Crippen MR) is 110 cm³/mol. The Balaban J connectivity index is 1.67. The molecule has 1 aliphatic rings. The molecule has 0 radical (unpaired) electrons. The number of carbonyl (C=O) groups is 3. The Bertz CT molecular complexity index is 977. The number of rotatable bonds is 8. The molecule has 0 aromatic carbocycles. The molecule has 4 N–H and O–H groups in total. The predicted octanol–water partition coefficient (Wildman–Crippen LogP) is 1.18. The molecule has 2 heterocycles. The zero-order valence-corrected chi connectivity index (χ0v) is 16.8. The molecule has 0 saturated heterocycles. The van der Waals surface area contributed by atoms with Crippen molar-refractivity contribution >= 4 is 23.4 Å². The van der Waals surface area contributed by atoms with Crippen LogP contribution in [-0.4, -0.2) is 44.4 Å². The van der Waals surface area contributed by atoms with Crippen molar-refractivity contribution in [1.29, 1.82) is 0 Å². The zero-order valence-electron chi connectivity index (χ0n) is 16.8. The van der Waals surface area contributed by atoms with Gasteiger partial charge < -0.3 is 16.4 Å². The maximum atomic E-state index is 12.9. The monoisotopic (exact) mass is 410 g/mol. The van der Waals surface area contributed by atoms with Gasteiger partial charge in [-0.1, -0.05) is 12.8 Å². The van der Waals surface area contributed by atoms with Crippen molar-refractivity contribution in [2.24, 2.45) is 5.73 Å². The summed E-state index contributed by atoms with van der Waals surface area (Å²) < 4.78 is 1.30. The molecule has 3 rings (SSSR count). The number of unbranched alkanes of at least 4 members (excludes halogenated alkanes) is 2. The minimum atomic E-state index is -0.660. The summed E-state index contributed by atoms with van der Waals surface area (Å²) in [6, 6.07) is 1.22. The fourth-order valence-electron chi connectivity index (χ4n) is 3.75. The van der Waals surface area contributed by atoms with E-state index in [1.54, 1.807) is 0 Å². The van der Waals surface area contributed by atoms with Crippen molar-refractivity contribution in [1.82, 2.24) is 25.2 Å². The van der Waals surface area contributed by atoms with Gasteiger partial charge in [-0.15, -0.1) is 12.3 Å². The van der Waals surface area contributed by atoms with Gasteiger partial charge in [0.15, 0.2) is 5.65 Å². The van der Waals surface area contributed by atoms with Crippen molar-refractivity contribution in [3.05, 3.63) is 29.7 Å². The molecule has 0 unspecified atom stereocenters. The van der Waals surface area contributed by atoms with Crippen LogP contribution in [0.25, 0.3) is 5.65 Å². The summed E-state index contributed by atoms with van der Waals surface area (Å²) in [5.74, 6) is 1.54. The van der Waals surface area contributed by atoms with Gasteiger partial charge in [-0.25, -0.2) is 9.50 Å². The van der Waals surface area contributed by atoms with Crippen LogP contribution in [-0.2, 0) is 4.79 Å². The minimum Gasteiger partial charge on any atom is -0.365 e. The summed E-state index contributed by atoms with van der Waals surface area (Å²) in [5, 5.41) is 10.1. The van der Waals surface area contributed by atoms with Gasteiger partial charge in [0.1, 0.15) is 11.3 Å². The SMILES string of the molecule is C#CCCCCC(=O)N[C@@H]1CCCC[C@H]1NC(=O)c1ccnc2c(C(N)=O)cnn12. The molecule has 9 heteroatoms. The largest absolute Gasteiger partial charge is 0.365 e. The first kappa shape index (κ1) is 21.3. The molecule has 2 aromatic rings. The number of fused-ring (bicyclic) bond motifs is 1. The van der Waals surface area contributed by atoms with Crippen molar-refractivity contribution in [2.45, 2.75) is 63.5 Å². The van der Waals surface area contributed by atoms with Crippen molar-refractivity contribution < 1.29 is 14.4 Å². The van der Waals surface area contributed by atoms with E-state index in [-0.39, 0.29) is 40.8 Å². The Morgan fingerprint density at radius 3 is 2.63 bits per heavy atom. The van der Waals surface area contributed by atoms with Gasteiger partial charge in [0, 0.05) is 31.1 Å². The van der Waals surface area contributed by atoms with E-state index >= 15 is 0 Å². The number of hydrogen-bond acceptors (Lipinski definition) is 5. The lowest BCUT2D eigenvalue weighted by Gasteiger charge is -2.32. The third-order valence-electron chi connectivity index (χ3n) is 5.30. The normalized spacial score (nSPS) is 18.5. The molecule has 0 aliphatic heterocycles. The minimum absolute atomic E-state index is 0.0253. The molecule has 158 valence electrons. The molecule has 0 bridgehead atoms. The number of hydrogen-bond donors (Lipinski definition) is 3. The highest BCUT2D eigenvalue weighted by molar-refractivity contribution is 6.00. The number of terminal acetylenes is 1. The molecular weight excluding hydrogens is 384 g/mol. The van der Waals surface area contributed by atoms with E-state index in [4.69, 9.17) is 12.2 Å². The summed E-state index contributed by atoms with van der Waals surface area (Å²) in [7, 11) is 0. The lowest BCUT2D eigenvalue weighted by molar-refractivity contribution is -0.122. The smallest absolute Gasteiger partial charge is 0.270 e. The standard InChI is InChI=1S/C21H26N6O3/c1-2-3-4-5-10-18(28)25-15-8-6-7-9-16(15)26-21(30)17-11-12-23-20-14(19(22)29)13-24-27(17)20/h1,11-13,15-16H,3-10H2,(H2,22,29)(H,25,28)(H,26,30)/t15-,16-/m1/s1. The fraction of sp³-hybridized carbons (Fsp3) is 0.476. The Labute approximate surface area is 174 Å². The quantitative estimate of drug-likeness (QED) is 0.444. The van der Waals surface area contributed by atoms with Crippen LogP contribution in [0.1, 0.15) is 72.2 Å². The average Bonchev–Trinajstić information content (AvgIpc) is 3.17. The molecule has 1 aliphatic carbocycles. The summed E-state index contributed by atoms with van der Waals surface area (Å²) in [4.78, 5) is 40.8. The molecule has 1 saturated carbocycles. The number of aromatic nitrogens is 3. The van der Waals surface area contributed by atoms with Gasteiger partial charge >= 0.3 is 0 Å². The van der Waals surface area contributed by atoms with Crippen LogP contribution in [0.4, 0.5) is 0 Å². The third-order valence-corrected chi connectivity index (χ3v) is 5.30. The Morgan fingerprint density at radius 1 is 1.20 bits per heavy atom. The van der Waals surface area contributed by atoms with Gasteiger partial charge in [0.05, 0.1) is 6.20 Å². The number of nitrogens with one attached hydrogen (secondary N) is 2. The van der Waals surface area contributed by atoms with E-state index in [0.717, 1.165) is 38.5 Å². The first-order valence-electron chi connectivity index (χ1n) is 10.2. The summed E-state index contributed by atoms with van der Waals surface area (Å²) >= 11 is 0. The van der Waals surface area contributed by atoms with Crippen LogP contribution in [0.5, 0.6) is 0 Å². The van der Waals surface area contributed by atoms with Gasteiger partial charge in [-0.3, -0.25) is 14.4 Å². The van der Waals surface area contributed by atoms with Gasteiger partial charge in [-0.05, 0) is 31.7 Å². The van der Waals surface area contributed by atoms with Crippen LogP contribution < -0.4 is 16.4 Å². The first-order valence-corrected chi connectivity index (χ1v) is 10.2. The highest BCUT2D eigenvalue weighted by Crippen LogP contribution is 2.20. The van der Waals surface area contributed by atoms with Gasteiger partial charge in [0.2, 0.25) is 5.91 Å². The molecular formula is C21H26N6O3. The molecule has 2 atom stereocenters. The number of amides is 3. The first-order chi connectivity index (χ1) is 14.5. The van der Waals surface area contributed by atoms with Crippen molar-refractivity contribution in [3.63, 3.8) is 0 Å². The van der Waals surface area contributed by atoms with E-state index in [9.17, 15) is 14.4 Å². The molecule has 1 fully saturated rings. The molecule has 2 aromatic heterocycles. The second-order valence-electron chi connectivity index (χ2n) is 7.44. The molecule has 9 nitrogen and oxygen atoms in total. The zero-order chi connectivity index (χ0) is 21.5. The summed E-state index contributed by atoms with van der Waals surface area (Å²) in [5.41, 5.74) is 5.96. The maximum absolute atomic E-state index is 12.9. The Kier molecular flexibility index (Phi) is 7.01. The van der Waals surface area contributed by atoms with Crippen LogP contribution in [0.3, 0.4) is 0 Å². The van der Waals surface area contributed by atoms with E-state index < -0.39 is 5.91 Å². The number of nitrogens with zero attached hydrogens (tertiary/aromatic N) is 3. The Morgan fingerprint density at radius 2 is 1.93 bits per heavy atom. The maximum Gasteiger partial charge on any atom is 0.270 e. The fourth-order valence-corrected chi connectivity index (χ4v) is 3.75. The van der Waals surface area contributed by atoms with Crippen LogP contribution in [0, 0.1) is 12.3 Å². The second kappa shape index (κ2) is 9.87. The second-order valence-corrected chi connectivity index (χ2v) is 7.44. The number of nitrogens with two attached hydrogens (primary N) is 1. The van der Waals surface area contributed by atoms with E-state index in [2.05, 4.69) is 26.6 Å². The van der Waals surface area contributed by atoms with Crippen LogP contribution in [0.2, 0.25) is 0 Å². The van der Waals surface area contributed by atoms with Gasteiger partial charge in [0.25, 0.3) is 11.8 Å². The lowest BCUT2D eigenvalue weighted by Crippen LogP contribution is -2.53. The van der Waals surface area contributed by atoms with E-state index in [0.29, 0.717) is 12.8 Å². The Hall–Kier alpha value is -3.41. The van der Waals surface area contributed by atoms with E-state index in [1.807, 2.05) is 0 Å². The van der Waals surface area contributed by atoms with Crippen molar-refractivity contribution in [3.8, 4) is 12.3 Å². The lowest BCUT2D eigenvalue weighted by atomic mass is 9.90. The molecule has 30 heavy (non-hydrogen) atoms. The highest BCUT2D eigenvalue weighted by atomic mass is 16.2. The highest BCUT2D eigenvalue weighted by Gasteiger charge is 2.29. The third kappa shape index (κ3) is 4.95.